The Bertz CT molecular complexity index is 405. The van der Waals surface area contributed by atoms with E-state index in [-0.39, 0.29) is 18.2 Å². The third-order valence-electron chi connectivity index (χ3n) is 3.02. The highest BCUT2D eigenvalue weighted by atomic mass is 16.5. The molecule has 0 spiro atoms. The smallest absolute Gasteiger partial charge is 0.360 e. The molecule has 1 aliphatic heterocycles. The number of carbonyl (C=O) groups excluding carboxylic acids is 1. The average Bonchev–Trinajstić information content (AvgIpc) is 2.89. The Hall–Kier alpha value is -1.56. The lowest BCUT2D eigenvalue weighted by molar-refractivity contribution is 0.0519. The lowest BCUT2D eigenvalue weighted by Crippen LogP contribution is -2.37. The van der Waals surface area contributed by atoms with Crippen LogP contribution < -0.4 is 4.90 Å². The Labute approximate surface area is 106 Å². The van der Waals surface area contributed by atoms with Crippen molar-refractivity contribution in [3.05, 3.63) is 12.0 Å². The number of anilines is 1. The molecule has 0 amide bonds. The molecule has 0 bridgehead atoms. The van der Waals surface area contributed by atoms with E-state index < -0.39 is 5.97 Å². The first-order chi connectivity index (χ1) is 8.74. The first-order valence-corrected chi connectivity index (χ1v) is 6.23. The van der Waals surface area contributed by atoms with Gasteiger partial charge in [0.05, 0.1) is 6.61 Å². The number of ether oxygens (including phenoxy) is 1. The molecule has 2 heterocycles. The second kappa shape index (κ2) is 5.86. The van der Waals surface area contributed by atoms with Crippen LogP contribution in [0.5, 0.6) is 0 Å². The molecule has 1 fully saturated rings. The fourth-order valence-corrected chi connectivity index (χ4v) is 2.10. The first kappa shape index (κ1) is 12.9. The van der Waals surface area contributed by atoms with Crippen LogP contribution in [-0.2, 0) is 4.74 Å². The summed E-state index contributed by atoms with van der Waals surface area (Å²) in [5.41, 5.74) is 0.193. The molecule has 1 N–H and O–H groups in total. The molecule has 6 heteroatoms. The Kier molecular flexibility index (Phi) is 4.19. The van der Waals surface area contributed by atoms with Crippen LogP contribution in [0.1, 0.15) is 30.3 Å². The van der Waals surface area contributed by atoms with Gasteiger partial charge in [-0.2, -0.15) is 4.98 Å². The van der Waals surface area contributed by atoms with E-state index in [0.717, 1.165) is 19.4 Å². The summed E-state index contributed by atoms with van der Waals surface area (Å²) in [6.07, 6.45) is 3.32. The van der Waals surface area contributed by atoms with Crippen LogP contribution >= 0.6 is 0 Å². The number of esters is 1. The number of aliphatic hydroxyl groups excluding tert-OH is 1. The number of aromatic nitrogens is 1. The fraction of sp³-hybridized carbons (Fsp3) is 0.667. The van der Waals surface area contributed by atoms with Crippen molar-refractivity contribution < 1.29 is 19.1 Å². The summed E-state index contributed by atoms with van der Waals surface area (Å²) in [5, 5.41) is 9.17. The van der Waals surface area contributed by atoms with Gasteiger partial charge in [-0.1, -0.05) is 0 Å². The van der Waals surface area contributed by atoms with Crippen molar-refractivity contribution in [2.45, 2.75) is 19.8 Å². The molecule has 1 unspecified atom stereocenters. The third kappa shape index (κ3) is 2.81. The largest absolute Gasteiger partial charge is 0.461 e. The lowest BCUT2D eigenvalue weighted by atomic mass is 10.00. The molecule has 100 valence electrons. The number of aliphatic hydroxyl groups is 1. The number of carbonyl (C=O) groups is 1. The highest BCUT2D eigenvalue weighted by Gasteiger charge is 2.24. The van der Waals surface area contributed by atoms with Gasteiger partial charge in [0.1, 0.15) is 6.26 Å². The predicted octanol–water partition coefficient (Wildman–Crippen LogP) is 1.06. The summed E-state index contributed by atoms with van der Waals surface area (Å²) < 4.78 is 10.1. The van der Waals surface area contributed by atoms with Crippen molar-refractivity contribution in [1.82, 2.24) is 4.98 Å². The van der Waals surface area contributed by atoms with Crippen LogP contribution in [0.25, 0.3) is 0 Å². The van der Waals surface area contributed by atoms with Crippen LogP contribution in [-0.4, -0.2) is 42.4 Å². The van der Waals surface area contributed by atoms with E-state index in [4.69, 9.17) is 14.3 Å². The molecule has 1 atom stereocenters. The minimum Gasteiger partial charge on any atom is -0.461 e. The van der Waals surface area contributed by atoms with E-state index in [0.29, 0.717) is 19.2 Å². The maximum Gasteiger partial charge on any atom is 0.360 e. The second-order valence-electron chi connectivity index (χ2n) is 4.37. The number of rotatable bonds is 4. The molecule has 0 aromatic carbocycles. The van der Waals surface area contributed by atoms with Gasteiger partial charge in [-0.3, -0.25) is 0 Å². The Morgan fingerprint density at radius 2 is 2.56 bits per heavy atom. The summed E-state index contributed by atoms with van der Waals surface area (Å²) in [4.78, 5) is 17.5. The topological polar surface area (TPSA) is 75.8 Å². The summed E-state index contributed by atoms with van der Waals surface area (Å²) in [5.74, 6) is -0.222. The first-order valence-electron chi connectivity index (χ1n) is 6.23. The van der Waals surface area contributed by atoms with E-state index >= 15 is 0 Å². The minimum atomic E-state index is -0.469. The number of piperidine rings is 1. The number of hydrogen-bond donors (Lipinski definition) is 1. The van der Waals surface area contributed by atoms with Crippen molar-refractivity contribution in [2.75, 3.05) is 31.2 Å². The van der Waals surface area contributed by atoms with Gasteiger partial charge in [0.25, 0.3) is 6.01 Å². The van der Waals surface area contributed by atoms with Crippen LogP contribution in [0.4, 0.5) is 6.01 Å². The Morgan fingerprint density at radius 3 is 3.28 bits per heavy atom. The molecule has 18 heavy (non-hydrogen) atoms. The molecule has 1 aromatic heterocycles. The van der Waals surface area contributed by atoms with Crippen LogP contribution in [0.2, 0.25) is 0 Å². The van der Waals surface area contributed by atoms with Gasteiger partial charge in [0.15, 0.2) is 5.69 Å². The van der Waals surface area contributed by atoms with Gasteiger partial charge >= 0.3 is 5.97 Å². The maximum absolute atomic E-state index is 11.5. The normalized spacial score (nSPS) is 19.9. The van der Waals surface area contributed by atoms with Crippen LogP contribution in [0.15, 0.2) is 10.7 Å². The van der Waals surface area contributed by atoms with E-state index in [1.165, 1.54) is 6.26 Å². The second-order valence-corrected chi connectivity index (χ2v) is 4.37. The standard InChI is InChI=1S/C12H18N2O4/c1-2-17-11(16)10-8-18-12(13-10)14-5-3-4-9(6-14)7-15/h8-9,15H,2-7H2,1H3. The van der Waals surface area contributed by atoms with Crippen molar-refractivity contribution in [2.24, 2.45) is 5.92 Å². The number of oxazole rings is 1. The van der Waals surface area contributed by atoms with Gasteiger partial charge in [-0.05, 0) is 25.7 Å². The monoisotopic (exact) mass is 254 g/mol. The molecular weight excluding hydrogens is 236 g/mol. The van der Waals surface area contributed by atoms with E-state index in [1.54, 1.807) is 6.92 Å². The van der Waals surface area contributed by atoms with Gasteiger partial charge < -0.3 is 19.2 Å². The lowest BCUT2D eigenvalue weighted by Gasteiger charge is -2.30. The zero-order valence-electron chi connectivity index (χ0n) is 10.5. The van der Waals surface area contributed by atoms with Crippen molar-refractivity contribution in [3.63, 3.8) is 0 Å². The minimum absolute atomic E-state index is 0.169. The summed E-state index contributed by atoms with van der Waals surface area (Å²) in [6.45, 7) is 3.77. The van der Waals surface area contributed by atoms with E-state index in [1.807, 2.05) is 4.90 Å². The van der Waals surface area contributed by atoms with Crippen LogP contribution in [0.3, 0.4) is 0 Å². The Balaban J connectivity index is 2.03. The molecule has 6 nitrogen and oxygen atoms in total. The fourth-order valence-electron chi connectivity index (χ4n) is 2.10. The summed E-state index contributed by atoms with van der Waals surface area (Å²) in [7, 11) is 0. The molecule has 1 aliphatic rings. The average molecular weight is 254 g/mol. The van der Waals surface area contributed by atoms with Gasteiger partial charge in [-0.25, -0.2) is 4.79 Å². The van der Waals surface area contributed by atoms with Crippen molar-refractivity contribution in [1.29, 1.82) is 0 Å². The SMILES string of the molecule is CCOC(=O)c1coc(N2CCCC(CO)C2)n1. The summed E-state index contributed by atoms with van der Waals surface area (Å²) in [6, 6.07) is 0.427. The van der Waals surface area contributed by atoms with Gasteiger partial charge in [0, 0.05) is 19.7 Å². The van der Waals surface area contributed by atoms with Gasteiger partial charge in [-0.15, -0.1) is 0 Å². The third-order valence-corrected chi connectivity index (χ3v) is 3.02. The molecule has 0 saturated carbocycles. The van der Waals surface area contributed by atoms with E-state index in [9.17, 15) is 4.79 Å². The molecule has 2 rings (SSSR count). The number of hydrogen-bond acceptors (Lipinski definition) is 6. The highest BCUT2D eigenvalue weighted by Crippen LogP contribution is 2.22. The van der Waals surface area contributed by atoms with E-state index in [2.05, 4.69) is 4.98 Å². The molecule has 1 saturated heterocycles. The van der Waals surface area contributed by atoms with Crippen molar-refractivity contribution in [3.8, 4) is 0 Å². The molecule has 1 aromatic rings. The highest BCUT2D eigenvalue weighted by molar-refractivity contribution is 5.87. The summed E-state index contributed by atoms with van der Waals surface area (Å²) >= 11 is 0. The molecule has 0 aliphatic carbocycles. The maximum atomic E-state index is 11.5. The molecule has 0 radical (unpaired) electrons. The van der Waals surface area contributed by atoms with Crippen LogP contribution in [0, 0.1) is 5.92 Å². The Morgan fingerprint density at radius 1 is 1.72 bits per heavy atom. The quantitative estimate of drug-likeness (QED) is 0.810. The zero-order chi connectivity index (χ0) is 13.0. The van der Waals surface area contributed by atoms with Crippen molar-refractivity contribution >= 4 is 12.0 Å². The zero-order valence-corrected chi connectivity index (χ0v) is 10.5. The molecular formula is C12H18N2O4. The van der Waals surface area contributed by atoms with Gasteiger partial charge in [0.2, 0.25) is 0 Å². The predicted molar refractivity (Wildman–Crippen MR) is 64.5 cm³/mol. The number of nitrogens with zero attached hydrogens (tertiary/aromatic N) is 2.